The minimum atomic E-state index is -1.27. The third-order valence-corrected chi connectivity index (χ3v) is 4.44. The number of alkyl carbamates (subject to hydrolysis) is 1. The van der Waals surface area contributed by atoms with E-state index in [1.165, 1.54) is 18.7 Å². The van der Waals surface area contributed by atoms with Gasteiger partial charge in [-0.3, -0.25) is 5.21 Å². The van der Waals surface area contributed by atoms with E-state index in [2.05, 4.69) is 10.5 Å². The highest BCUT2D eigenvalue weighted by atomic mass is 32.2. The lowest BCUT2D eigenvalue weighted by Crippen LogP contribution is -2.59. The largest absolute Gasteiger partial charge is 0.458 e. The molecule has 0 fully saturated rings. The van der Waals surface area contributed by atoms with Crippen LogP contribution in [0.1, 0.15) is 67.7 Å². The first-order valence-electron chi connectivity index (χ1n) is 9.54. The summed E-state index contributed by atoms with van der Waals surface area (Å²) in [5.74, 6) is -0.153. The van der Waals surface area contributed by atoms with Gasteiger partial charge in [0.1, 0.15) is 16.7 Å². The fraction of sp³-hybridized carbons (Fsp3) is 0.842. The van der Waals surface area contributed by atoms with Gasteiger partial charge in [0.25, 0.3) is 0 Å². The molecule has 1 unspecified atom stereocenters. The van der Waals surface area contributed by atoms with Gasteiger partial charge in [0, 0.05) is 12.3 Å². The standard InChI is InChI=1S/C19H37N3O6S/c1-14(21-25)22(26)12-10-9-11-19(13-29-8,15(23)27-17(2,3)4)20-16(24)28-18(5,6)7/h25-26H,9-13H2,1-8H3,(H,20,24). The molecule has 0 aliphatic heterocycles. The Kier molecular flexibility index (Phi) is 10.8. The van der Waals surface area contributed by atoms with Crippen LogP contribution in [0, 0.1) is 0 Å². The molecule has 0 aromatic carbocycles. The summed E-state index contributed by atoms with van der Waals surface area (Å²) >= 11 is 1.41. The van der Waals surface area contributed by atoms with Crippen molar-refractivity contribution in [2.45, 2.75) is 84.5 Å². The molecule has 10 heteroatoms. The van der Waals surface area contributed by atoms with Crippen LogP contribution in [0.5, 0.6) is 0 Å². The number of rotatable bonds is 9. The number of amides is 1. The number of oxime groups is 1. The number of carbonyl (C=O) groups is 2. The van der Waals surface area contributed by atoms with Gasteiger partial charge in [-0.15, -0.1) is 0 Å². The Balaban J connectivity index is 5.41. The number of amidine groups is 1. The molecule has 1 amide bonds. The second-order valence-corrected chi connectivity index (χ2v) is 9.74. The van der Waals surface area contributed by atoms with Crippen LogP contribution >= 0.6 is 11.8 Å². The number of esters is 1. The van der Waals surface area contributed by atoms with Crippen LogP contribution in [0.25, 0.3) is 0 Å². The van der Waals surface area contributed by atoms with E-state index in [0.717, 1.165) is 5.06 Å². The fourth-order valence-corrected chi connectivity index (χ4v) is 3.23. The van der Waals surface area contributed by atoms with Crippen molar-refractivity contribution in [2.75, 3.05) is 18.6 Å². The highest BCUT2D eigenvalue weighted by molar-refractivity contribution is 7.98. The number of carbonyl (C=O) groups excluding carboxylic acids is 2. The molecular formula is C19H37N3O6S. The lowest BCUT2D eigenvalue weighted by atomic mass is 9.94. The maximum atomic E-state index is 13.0. The van der Waals surface area contributed by atoms with Gasteiger partial charge < -0.3 is 20.0 Å². The zero-order chi connectivity index (χ0) is 22.9. The van der Waals surface area contributed by atoms with Crippen molar-refractivity contribution in [3.05, 3.63) is 0 Å². The summed E-state index contributed by atoms with van der Waals surface area (Å²) in [5.41, 5.74) is -2.69. The van der Waals surface area contributed by atoms with Gasteiger partial charge in [-0.1, -0.05) is 5.16 Å². The zero-order valence-electron chi connectivity index (χ0n) is 18.9. The Bertz CT molecular complexity index is 571. The summed E-state index contributed by atoms with van der Waals surface area (Å²) in [5, 5.41) is 24.9. The van der Waals surface area contributed by atoms with Crippen LogP contribution in [-0.4, -0.2) is 68.7 Å². The minimum absolute atomic E-state index is 0.0689. The van der Waals surface area contributed by atoms with Crippen LogP contribution in [0.4, 0.5) is 4.79 Å². The smallest absolute Gasteiger partial charge is 0.408 e. The second-order valence-electron chi connectivity index (χ2n) is 8.87. The Morgan fingerprint density at radius 2 is 1.62 bits per heavy atom. The molecule has 0 aromatic rings. The van der Waals surface area contributed by atoms with Gasteiger partial charge in [-0.05, 0) is 74.0 Å². The predicted octanol–water partition coefficient (Wildman–Crippen LogP) is 3.62. The van der Waals surface area contributed by atoms with E-state index in [1.54, 1.807) is 41.5 Å². The minimum Gasteiger partial charge on any atom is -0.458 e. The number of hydroxylamine groups is 2. The first-order chi connectivity index (χ1) is 13.2. The molecule has 170 valence electrons. The number of nitrogens with one attached hydrogen (secondary N) is 1. The molecule has 1 atom stereocenters. The van der Waals surface area contributed by atoms with Crippen LogP contribution in [0.2, 0.25) is 0 Å². The molecule has 29 heavy (non-hydrogen) atoms. The van der Waals surface area contributed by atoms with Crippen molar-refractivity contribution >= 4 is 29.7 Å². The molecule has 0 aliphatic carbocycles. The van der Waals surface area contributed by atoms with Gasteiger partial charge in [-0.2, -0.15) is 11.8 Å². The molecule has 9 nitrogen and oxygen atoms in total. The molecule has 0 aliphatic rings. The van der Waals surface area contributed by atoms with Crippen molar-refractivity contribution in [1.29, 1.82) is 0 Å². The van der Waals surface area contributed by atoms with Crippen molar-refractivity contribution < 1.29 is 29.5 Å². The van der Waals surface area contributed by atoms with E-state index in [1.807, 2.05) is 6.26 Å². The van der Waals surface area contributed by atoms with Crippen LogP contribution in [0.15, 0.2) is 5.16 Å². The first-order valence-corrected chi connectivity index (χ1v) is 10.9. The van der Waals surface area contributed by atoms with Crippen molar-refractivity contribution in [3.63, 3.8) is 0 Å². The summed E-state index contributed by atoms with van der Waals surface area (Å²) in [6, 6.07) is 0. The molecule has 0 rings (SSSR count). The summed E-state index contributed by atoms with van der Waals surface area (Å²) in [7, 11) is 0. The van der Waals surface area contributed by atoms with E-state index >= 15 is 0 Å². The summed E-state index contributed by atoms with van der Waals surface area (Å²) in [6.45, 7) is 12.2. The molecule has 0 spiro atoms. The summed E-state index contributed by atoms with van der Waals surface area (Å²) in [6.07, 6.45) is 2.45. The highest BCUT2D eigenvalue weighted by Crippen LogP contribution is 2.25. The average Bonchev–Trinajstić information content (AvgIpc) is 2.54. The Hall–Kier alpha value is -1.68. The normalized spacial score (nSPS) is 14.7. The molecule has 3 N–H and O–H groups in total. The predicted molar refractivity (Wildman–Crippen MR) is 114 cm³/mol. The molecule has 0 bridgehead atoms. The summed E-state index contributed by atoms with van der Waals surface area (Å²) < 4.78 is 10.9. The molecular weight excluding hydrogens is 398 g/mol. The third-order valence-electron chi connectivity index (χ3n) is 3.66. The molecule has 0 aromatic heterocycles. The number of unbranched alkanes of at least 4 members (excludes halogenated alkanes) is 1. The number of nitrogens with zero attached hydrogens (tertiary/aromatic N) is 2. The monoisotopic (exact) mass is 435 g/mol. The molecule has 0 saturated carbocycles. The Labute approximate surface area is 178 Å². The Morgan fingerprint density at radius 1 is 1.07 bits per heavy atom. The number of ether oxygens (including phenoxy) is 2. The van der Waals surface area contributed by atoms with Crippen LogP contribution < -0.4 is 5.32 Å². The average molecular weight is 436 g/mol. The van der Waals surface area contributed by atoms with E-state index in [0.29, 0.717) is 25.0 Å². The van der Waals surface area contributed by atoms with Crippen LogP contribution in [-0.2, 0) is 14.3 Å². The van der Waals surface area contributed by atoms with Crippen LogP contribution in [0.3, 0.4) is 0 Å². The van der Waals surface area contributed by atoms with Crippen molar-refractivity contribution in [1.82, 2.24) is 10.4 Å². The van der Waals surface area contributed by atoms with Gasteiger partial charge in [0.05, 0.1) is 0 Å². The van der Waals surface area contributed by atoms with E-state index in [9.17, 15) is 14.8 Å². The SMILES string of the molecule is CSCC(CCCCN(O)C(C)=NO)(NC(=O)OC(C)(C)C)C(=O)OC(C)(C)C. The number of hydrogen-bond donors (Lipinski definition) is 3. The van der Waals surface area contributed by atoms with Crippen molar-refractivity contribution in [2.24, 2.45) is 5.16 Å². The first kappa shape index (κ1) is 27.3. The third kappa shape index (κ3) is 11.2. The lowest BCUT2D eigenvalue weighted by Gasteiger charge is -2.35. The van der Waals surface area contributed by atoms with Gasteiger partial charge in [0.2, 0.25) is 0 Å². The highest BCUT2D eigenvalue weighted by Gasteiger charge is 2.43. The van der Waals surface area contributed by atoms with Crippen molar-refractivity contribution in [3.8, 4) is 0 Å². The van der Waals surface area contributed by atoms with E-state index < -0.39 is 28.8 Å². The fourth-order valence-electron chi connectivity index (χ4n) is 2.41. The Morgan fingerprint density at radius 3 is 2.07 bits per heavy atom. The summed E-state index contributed by atoms with van der Waals surface area (Å²) in [4.78, 5) is 25.5. The molecule has 0 heterocycles. The molecule has 0 saturated heterocycles. The topological polar surface area (TPSA) is 121 Å². The van der Waals surface area contributed by atoms with Gasteiger partial charge >= 0.3 is 12.1 Å². The quantitative estimate of drug-likeness (QED) is 0.125. The zero-order valence-corrected chi connectivity index (χ0v) is 19.7. The number of hydrogen-bond acceptors (Lipinski definition) is 8. The van der Waals surface area contributed by atoms with Gasteiger partial charge in [-0.25, -0.2) is 14.7 Å². The molecule has 0 radical (unpaired) electrons. The van der Waals surface area contributed by atoms with E-state index in [-0.39, 0.29) is 12.4 Å². The maximum Gasteiger partial charge on any atom is 0.408 e. The number of thioether (sulfide) groups is 1. The van der Waals surface area contributed by atoms with Gasteiger partial charge in [0.15, 0.2) is 5.84 Å². The lowest BCUT2D eigenvalue weighted by molar-refractivity contribution is -0.162. The van der Waals surface area contributed by atoms with E-state index in [4.69, 9.17) is 14.7 Å². The second kappa shape index (κ2) is 11.5. The maximum absolute atomic E-state index is 13.0.